The first-order valence-corrected chi connectivity index (χ1v) is 6.54. The number of nitrogens with one attached hydrogen (secondary N) is 1. The van der Waals surface area contributed by atoms with Gasteiger partial charge in [0.25, 0.3) is 5.56 Å². The lowest BCUT2D eigenvalue weighted by Crippen LogP contribution is -2.12. The molecule has 7 heteroatoms. The molecule has 0 radical (unpaired) electrons. The molecule has 1 N–H and O–H groups in total. The number of carbonyl (C=O) groups excluding carboxylic acids is 1. The summed E-state index contributed by atoms with van der Waals surface area (Å²) in [6, 6.07) is 4.40. The fourth-order valence-corrected chi connectivity index (χ4v) is 2.41. The monoisotopic (exact) mass is 331 g/mol. The first-order valence-electron chi connectivity index (χ1n) is 5.40. The number of methoxy groups -OCH3 is 1. The van der Waals surface area contributed by atoms with Crippen molar-refractivity contribution in [2.45, 2.75) is 0 Å². The maximum atomic E-state index is 11.9. The number of esters is 1. The molecule has 0 atom stereocenters. The van der Waals surface area contributed by atoms with Crippen LogP contribution in [0.5, 0.6) is 0 Å². The number of aromatic nitrogens is 1. The van der Waals surface area contributed by atoms with E-state index in [1.807, 2.05) is 0 Å². The normalized spacial score (nSPS) is 10.4. The number of rotatable bonds is 2. The van der Waals surface area contributed by atoms with Gasteiger partial charge in [-0.3, -0.25) is 4.79 Å². The van der Waals surface area contributed by atoms with Crippen molar-refractivity contribution in [2.24, 2.45) is 0 Å². The minimum Gasteiger partial charge on any atom is -0.465 e. The molecular formula is C13H8Cl3NO3. The summed E-state index contributed by atoms with van der Waals surface area (Å²) in [5.41, 5.74) is 0.149. The Morgan fingerprint density at radius 1 is 1.20 bits per heavy atom. The molecule has 4 nitrogen and oxygen atoms in total. The number of pyridine rings is 1. The molecule has 0 unspecified atom stereocenters. The second-order valence-electron chi connectivity index (χ2n) is 3.84. The molecule has 0 fully saturated rings. The van der Waals surface area contributed by atoms with Crippen molar-refractivity contribution in [3.8, 4) is 11.1 Å². The van der Waals surface area contributed by atoms with Gasteiger partial charge in [-0.1, -0.05) is 34.8 Å². The summed E-state index contributed by atoms with van der Waals surface area (Å²) in [7, 11) is 1.24. The molecule has 1 heterocycles. The zero-order chi connectivity index (χ0) is 14.9. The Morgan fingerprint density at radius 2 is 1.85 bits per heavy atom. The predicted molar refractivity (Wildman–Crippen MR) is 78.9 cm³/mol. The third-order valence-corrected chi connectivity index (χ3v) is 3.76. The summed E-state index contributed by atoms with van der Waals surface area (Å²) >= 11 is 18.1. The molecule has 0 aliphatic heterocycles. The fraction of sp³-hybridized carbons (Fsp3) is 0.0769. The minimum absolute atomic E-state index is 0.144. The Balaban J connectivity index is 2.73. The molecule has 1 aromatic heterocycles. The summed E-state index contributed by atoms with van der Waals surface area (Å²) in [5, 5.41) is 0.660. The number of aromatic amines is 1. The maximum absolute atomic E-state index is 11.9. The number of halogens is 3. The lowest BCUT2D eigenvalue weighted by Gasteiger charge is -2.09. The molecule has 0 amide bonds. The number of H-pyrrole nitrogens is 1. The first kappa shape index (κ1) is 14.9. The highest BCUT2D eigenvalue weighted by Crippen LogP contribution is 2.37. The van der Waals surface area contributed by atoms with Crippen LogP contribution < -0.4 is 5.56 Å². The van der Waals surface area contributed by atoms with Gasteiger partial charge in [-0.2, -0.15) is 0 Å². The Kier molecular flexibility index (Phi) is 4.38. The van der Waals surface area contributed by atoms with E-state index in [9.17, 15) is 9.59 Å². The van der Waals surface area contributed by atoms with E-state index in [-0.39, 0.29) is 31.8 Å². The van der Waals surface area contributed by atoms with Crippen LogP contribution in [0.3, 0.4) is 0 Å². The van der Waals surface area contributed by atoms with Gasteiger partial charge < -0.3 is 9.72 Å². The summed E-state index contributed by atoms with van der Waals surface area (Å²) in [6.45, 7) is 0. The highest BCUT2D eigenvalue weighted by molar-refractivity contribution is 6.46. The minimum atomic E-state index is -0.586. The Morgan fingerprint density at radius 3 is 2.50 bits per heavy atom. The van der Waals surface area contributed by atoms with Crippen molar-refractivity contribution in [2.75, 3.05) is 7.11 Å². The average Bonchev–Trinajstić information content (AvgIpc) is 2.44. The molecule has 0 aliphatic rings. The van der Waals surface area contributed by atoms with E-state index < -0.39 is 11.5 Å². The molecule has 20 heavy (non-hydrogen) atoms. The molecule has 104 valence electrons. The largest absolute Gasteiger partial charge is 0.465 e. The quantitative estimate of drug-likeness (QED) is 0.672. The van der Waals surface area contributed by atoms with Crippen molar-refractivity contribution in [3.05, 3.63) is 55.4 Å². The third kappa shape index (κ3) is 2.68. The maximum Gasteiger partial charge on any atom is 0.339 e. The number of hydrogen-bond donors (Lipinski definition) is 1. The van der Waals surface area contributed by atoms with Crippen LogP contribution >= 0.6 is 34.8 Å². The number of benzene rings is 1. The van der Waals surface area contributed by atoms with Crippen LogP contribution in [0, 0.1) is 0 Å². The standard InChI is InChI=1S/C13H8Cl3NO3/c1-20-13(19)6-4-7(12(18)17-5-6)10-8(14)2-3-9(15)11(10)16/h2-5H,1H3,(H,17,18). The van der Waals surface area contributed by atoms with Crippen molar-refractivity contribution in [1.82, 2.24) is 4.98 Å². The number of ether oxygens (including phenoxy) is 1. The Bertz CT molecular complexity index is 740. The van der Waals surface area contributed by atoms with Crippen molar-refractivity contribution < 1.29 is 9.53 Å². The lowest BCUT2D eigenvalue weighted by molar-refractivity contribution is 0.0600. The molecule has 0 aliphatic carbocycles. The highest BCUT2D eigenvalue weighted by Gasteiger charge is 2.17. The van der Waals surface area contributed by atoms with Crippen molar-refractivity contribution >= 4 is 40.8 Å². The number of hydrogen-bond acceptors (Lipinski definition) is 3. The van der Waals surface area contributed by atoms with E-state index in [1.165, 1.54) is 31.5 Å². The summed E-state index contributed by atoms with van der Waals surface area (Å²) in [5.74, 6) is -0.586. The van der Waals surface area contributed by atoms with Crippen LogP contribution in [0.2, 0.25) is 15.1 Å². The van der Waals surface area contributed by atoms with Crippen LogP contribution in [0.4, 0.5) is 0 Å². The van der Waals surface area contributed by atoms with Crippen LogP contribution in [0.15, 0.2) is 29.2 Å². The van der Waals surface area contributed by atoms with Gasteiger partial charge in [0.05, 0.1) is 33.3 Å². The molecule has 0 saturated heterocycles. The fourth-order valence-electron chi connectivity index (χ4n) is 1.68. The molecule has 2 aromatic rings. The van der Waals surface area contributed by atoms with Gasteiger partial charge in [0, 0.05) is 11.8 Å². The lowest BCUT2D eigenvalue weighted by atomic mass is 10.1. The van der Waals surface area contributed by atoms with Crippen LogP contribution in [0.1, 0.15) is 10.4 Å². The van der Waals surface area contributed by atoms with Gasteiger partial charge in [0.2, 0.25) is 0 Å². The van der Waals surface area contributed by atoms with Gasteiger partial charge in [0.1, 0.15) is 0 Å². The van der Waals surface area contributed by atoms with Gasteiger partial charge in [0.15, 0.2) is 0 Å². The van der Waals surface area contributed by atoms with E-state index in [2.05, 4.69) is 9.72 Å². The number of carbonyl (C=O) groups is 1. The second kappa shape index (κ2) is 5.87. The van der Waals surface area contributed by atoms with Crippen molar-refractivity contribution in [1.29, 1.82) is 0 Å². The highest BCUT2D eigenvalue weighted by atomic mass is 35.5. The Labute approximate surface area is 129 Å². The van der Waals surface area contributed by atoms with E-state index in [0.29, 0.717) is 0 Å². The molecule has 2 rings (SSSR count). The summed E-state index contributed by atoms with van der Waals surface area (Å²) in [6.07, 6.45) is 1.25. The van der Waals surface area contributed by atoms with E-state index >= 15 is 0 Å². The topological polar surface area (TPSA) is 59.2 Å². The van der Waals surface area contributed by atoms with E-state index in [4.69, 9.17) is 34.8 Å². The second-order valence-corrected chi connectivity index (χ2v) is 5.03. The first-order chi connectivity index (χ1) is 9.45. The van der Waals surface area contributed by atoms with E-state index in [0.717, 1.165) is 0 Å². The zero-order valence-electron chi connectivity index (χ0n) is 10.2. The van der Waals surface area contributed by atoms with Crippen LogP contribution in [-0.4, -0.2) is 18.1 Å². The van der Waals surface area contributed by atoms with Crippen LogP contribution in [-0.2, 0) is 4.74 Å². The predicted octanol–water partition coefficient (Wildman–Crippen LogP) is 3.79. The molecule has 0 bridgehead atoms. The molecule has 0 spiro atoms. The van der Waals surface area contributed by atoms with Gasteiger partial charge in [-0.05, 0) is 18.2 Å². The average molecular weight is 333 g/mol. The third-order valence-electron chi connectivity index (χ3n) is 2.64. The van der Waals surface area contributed by atoms with Crippen molar-refractivity contribution in [3.63, 3.8) is 0 Å². The van der Waals surface area contributed by atoms with E-state index in [1.54, 1.807) is 0 Å². The van der Waals surface area contributed by atoms with Gasteiger partial charge >= 0.3 is 5.97 Å². The van der Waals surface area contributed by atoms with Gasteiger partial charge in [-0.15, -0.1) is 0 Å². The smallest absolute Gasteiger partial charge is 0.339 e. The summed E-state index contributed by atoms with van der Waals surface area (Å²) in [4.78, 5) is 25.9. The SMILES string of the molecule is COC(=O)c1c[nH]c(=O)c(-c2c(Cl)ccc(Cl)c2Cl)c1. The zero-order valence-corrected chi connectivity index (χ0v) is 12.4. The summed E-state index contributed by atoms with van der Waals surface area (Å²) < 4.78 is 4.60. The van der Waals surface area contributed by atoms with Crippen LogP contribution in [0.25, 0.3) is 11.1 Å². The Hall–Kier alpha value is -1.49. The molecule has 0 saturated carbocycles. The van der Waals surface area contributed by atoms with Gasteiger partial charge in [-0.25, -0.2) is 4.79 Å². The molecule has 1 aromatic carbocycles. The molecular weight excluding hydrogens is 325 g/mol.